The van der Waals surface area contributed by atoms with Crippen molar-refractivity contribution in [3.05, 3.63) is 74.3 Å². The summed E-state index contributed by atoms with van der Waals surface area (Å²) in [4.78, 5) is 49.7. The predicted molar refractivity (Wildman–Crippen MR) is 141 cm³/mol. The van der Waals surface area contributed by atoms with Crippen LogP contribution < -0.4 is 5.32 Å². The first-order valence-corrected chi connectivity index (χ1v) is 12.0. The van der Waals surface area contributed by atoms with E-state index in [2.05, 4.69) is 15.3 Å². The van der Waals surface area contributed by atoms with Crippen molar-refractivity contribution >= 4 is 53.1 Å². The van der Waals surface area contributed by atoms with E-state index >= 15 is 0 Å². The molecular weight excluding hydrogens is 498 g/mol. The number of rotatable bonds is 8. The molecule has 0 atom stereocenters. The number of nitrogens with one attached hydrogen (secondary N) is 3. The highest BCUT2D eigenvalue weighted by Gasteiger charge is 2.27. The first-order valence-electron chi connectivity index (χ1n) is 11.6. The van der Waals surface area contributed by atoms with Gasteiger partial charge in [-0.3, -0.25) is 19.2 Å². The second kappa shape index (κ2) is 11.7. The lowest BCUT2D eigenvalue weighted by molar-refractivity contribution is -0.138. The van der Waals surface area contributed by atoms with E-state index in [1.807, 2.05) is 13.8 Å². The summed E-state index contributed by atoms with van der Waals surface area (Å²) in [6.07, 6.45) is 7.10. The largest absolute Gasteiger partial charge is 0.481 e. The number of aromatic amines is 2. The van der Waals surface area contributed by atoms with Crippen molar-refractivity contribution in [3.8, 4) is 0 Å². The smallest absolute Gasteiger partial charge is 0.303 e. The maximum Gasteiger partial charge on any atom is 0.303 e. The molecule has 4 rings (SSSR count). The van der Waals surface area contributed by atoms with Gasteiger partial charge < -0.3 is 25.5 Å². The molecule has 194 valence electrons. The Hall–Kier alpha value is -4.11. The molecule has 0 spiro atoms. The summed E-state index contributed by atoms with van der Waals surface area (Å²) < 4.78 is 0. The predicted octanol–water partition coefficient (Wildman–Crippen LogP) is 4.95. The number of aromatic nitrogens is 2. The summed E-state index contributed by atoms with van der Waals surface area (Å²) in [5.41, 5.74) is 7.93. The molecule has 3 heterocycles. The maximum absolute atomic E-state index is 12.3. The molecule has 9 nitrogen and oxygen atoms in total. The Morgan fingerprint density at radius 3 is 1.95 bits per heavy atom. The van der Waals surface area contributed by atoms with Gasteiger partial charge in [-0.05, 0) is 79.6 Å². The van der Waals surface area contributed by atoms with Crippen LogP contribution in [0.2, 0.25) is 5.02 Å². The number of fused-ring (bicyclic) bond motifs is 1. The highest BCUT2D eigenvalue weighted by molar-refractivity contribution is 6.37. The Morgan fingerprint density at radius 2 is 1.43 bits per heavy atom. The van der Waals surface area contributed by atoms with E-state index in [4.69, 9.17) is 21.8 Å². The van der Waals surface area contributed by atoms with E-state index in [9.17, 15) is 19.2 Å². The molecule has 0 unspecified atom stereocenters. The van der Waals surface area contributed by atoms with Crippen LogP contribution in [0.25, 0.3) is 11.6 Å². The molecule has 2 aromatic heterocycles. The van der Waals surface area contributed by atoms with Crippen molar-refractivity contribution in [1.29, 1.82) is 0 Å². The number of carboxylic acid groups (broad SMARTS) is 2. The monoisotopic (exact) mass is 525 g/mol. The lowest BCUT2D eigenvalue weighted by Gasteiger charge is -2.05. The Balaban J connectivity index is 0.000000248. The van der Waals surface area contributed by atoms with Crippen LogP contribution in [0.3, 0.4) is 0 Å². The van der Waals surface area contributed by atoms with Crippen LogP contribution in [0.1, 0.15) is 62.4 Å². The van der Waals surface area contributed by atoms with Crippen molar-refractivity contribution in [2.24, 2.45) is 0 Å². The minimum absolute atomic E-state index is 0.0761. The fraction of sp³-hybridized carbons (Fsp3) is 0.259. The van der Waals surface area contributed by atoms with E-state index in [0.29, 0.717) is 29.1 Å². The lowest BCUT2D eigenvalue weighted by Crippen LogP contribution is -2.03. The molecule has 0 saturated carbocycles. The van der Waals surface area contributed by atoms with Crippen LogP contribution in [0.4, 0.5) is 5.69 Å². The molecule has 1 aromatic carbocycles. The summed E-state index contributed by atoms with van der Waals surface area (Å²) in [5.74, 6) is -1.82. The molecule has 0 aliphatic carbocycles. The minimum atomic E-state index is -0.829. The number of H-pyrrole nitrogens is 2. The average Bonchev–Trinajstić information content (AvgIpc) is 3.49. The number of benzene rings is 1. The van der Waals surface area contributed by atoms with Crippen LogP contribution in [-0.4, -0.2) is 44.3 Å². The summed E-state index contributed by atoms with van der Waals surface area (Å²) in [6, 6.07) is 3.56. The fourth-order valence-electron chi connectivity index (χ4n) is 4.11. The van der Waals surface area contributed by atoms with Crippen LogP contribution in [-0.2, 0) is 27.2 Å². The molecule has 1 amide bonds. The van der Waals surface area contributed by atoms with Gasteiger partial charge in [0.2, 0.25) is 0 Å². The van der Waals surface area contributed by atoms with Crippen LogP contribution in [0.15, 0.2) is 24.5 Å². The van der Waals surface area contributed by atoms with Gasteiger partial charge >= 0.3 is 11.9 Å². The number of hydrogen-bond acceptors (Lipinski definition) is 4. The molecule has 0 radical (unpaired) electrons. The van der Waals surface area contributed by atoms with Crippen LogP contribution in [0, 0.1) is 20.8 Å². The van der Waals surface area contributed by atoms with Gasteiger partial charge in [-0.1, -0.05) is 11.6 Å². The molecule has 0 fully saturated rings. The van der Waals surface area contributed by atoms with Crippen molar-refractivity contribution in [2.75, 3.05) is 5.32 Å². The van der Waals surface area contributed by atoms with Gasteiger partial charge in [-0.2, -0.15) is 0 Å². The molecular formula is C27H28ClN3O6. The number of amides is 1. The van der Waals surface area contributed by atoms with E-state index in [-0.39, 0.29) is 18.7 Å². The summed E-state index contributed by atoms with van der Waals surface area (Å²) >= 11 is 6.18. The van der Waals surface area contributed by atoms with Crippen LogP contribution in [0.5, 0.6) is 0 Å². The number of aliphatic carboxylic acids is 2. The normalized spacial score (nSPS) is 13.1. The Bertz CT molecular complexity index is 1400. The summed E-state index contributed by atoms with van der Waals surface area (Å²) in [7, 11) is 0. The number of carbonyl (C=O) groups is 4. The van der Waals surface area contributed by atoms with Gasteiger partial charge in [0.25, 0.3) is 5.91 Å². The number of aldehydes is 1. The number of anilines is 1. The second-order valence-electron chi connectivity index (χ2n) is 8.72. The van der Waals surface area contributed by atoms with Gasteiger partial charge in [-0.25, -0.2) is 0 Å². The third-order valence-electron chi connectivity index (χ3n) is 6.36. The Morgan fingerprint density at radius 1 is 0.892 bits per heavy atom. The van der Waals surface area contributed by atoms with Crippen molar-refractivity contribution in [2.45, 2.75) is 46.5 Å². The molecule has 5 N–H and O–H groups in total. The lowest BCUT2D eigenvalue weighted by atomic mass is 9.99. The maximum atomic E-state index is 12.3. The minimum Gasteiger partial charge on any atom is -0.481 e. The van der Waals surface area contributed by atoms with E-state index in [1.54, 1.807) is 37.5 Å². The Labute approximate surface area is 218 Å². The molecule has 0 saturated heterocycles. The standard InChI is InChI=1S/C18H17ClN2O3.C9H11NO3/c1-9-11(3-6-16(22)23)8-20-15(9)7-12-17-10(2)13(19)4-5-14(17)21-18(12)24;1-6-7(2-3-9(12)13)4-10-8(6)5-11/h4-5,7-8,20H,3,6H2,1-2H3,(H,21,24)(H,22,23);4-5,10H,2-3H2,1H3,(H,12,13)/b12-7-;. The zero-order valence-corrected chi connectivity index (χ0v) is 21.5. The number of carbonyl (C=O) groups excluding carboxylic acids is 2. The van der Waals surface area contributed by atoms with Gasteiger partial charge in [0.15, 0.2) is 6.29 Å². The van der Waals surface area contributed by atoms with Gasteiger partial charge in [0, 0.05) is 47.2 Å². The van der Waals surface area contributed by atoms with E-state index < -0.39 is 11.9 Å². The van der Waals surface area contributed by atoms with Gasteiger partial charge in [-0.15, -0.1) is 0 Å². The number of halogens is 1. The summed E-state index contributed by atoms with van der Waals surface area (Å²) in [6.45, 7) is 5.60. The number of carboxylic acids is 2. The molecule has 10 heteroatoms. The van der Waals surface area contributed by atoms with Gasteiger partial charge in [0.05, 0.1) is 11.3 Å². The van der Waals surface area contributed by atoms with Crippen molar-refractivity contribution in [3.63, 3.8) is 0 Å². The second-order valence-corrected chi connectivity index (χ2v) is 9.12. The van der Waals surface area contributed by atoms with Gasteiger partial charge in [0.1, 0.15) is 0 Å². The van der Waals surface area contributed by atoms with Crippen LogP contribution >= 0.6 is 11.6 Å². The number of aryl methyl sites for hydroxylation is 2. The molecule has 1 aliphatic rings. The third kappa shape index (κ3) is 6.37. The fourth-order valence-corrected chi connectivity index (χ4v) is 4.26. The third-order valence-corrected chi connectivity index (χ3v) is 6.77. The SMILES string of the molecule is Cc1c(CCC(=O)O)c[nH]c1/C=C1\C(=O)Nc2ccc(Cl)c(C)c21.Cc1c(CCC(=O)O)c[nH]c1C=O. The molecule has 37 heavy (non-hydrogen) atoms. The highest BCUT2D eigenvalue weighted by Crippen LogP contribution is 2.38. The molecule has 3 aromatic rings. The topological polar surface area (TPSA) is 152 Å². The van der Waals surface area contributed by atoms with E-state index in [1.165, 1.54) is 0 Å². The Kier molecular flexibility index (Phi) is 8.73. The average molecular weight is 526 g/mol. The van der Waals surface area contributed by atoms with E-state index in [0.717, 1.165) is 51.0 Å². The quantitative estimate of drug-likeness (QED) is 0.207. The van der Waals surface area contributed by atoms with Crippen molar-refractivity contribution in [1.82, 2.24) is 9.97 Å². The summed E-state index contributed by atoms with van der Waals surface area (Å²) in [5, 5.41) is 20.7. The number of hydrogen-bond donors (Lipinski definition) is 5. The van der Waals surface area contributed by atoms with Crippen molar-refractivity contribution < 1.29 is 29.4 Å². The zero-order chi connectivity index (χ0) is 27.3. The first kappa shape index (κ1) is 27.5. The molecule has 1 aliphatic heterocycles. The zero-order valence-electron chi connectivity index (χ0n) is 20.7. The molecule has 0 bridgehead atoms. The highest BCUT2D eigenvalue weighted by atomic mass is 35.5. The first-order chi connectivity index (χ1) is 17.5.